The average Bonchev–Trinajstić information content (AvgIpc) is 2.48. The van der Waals surface area contributed by atoms with Crippen molar-refractivity contribution >= 4 is 12.2 Å². The zero-order chi connectivity index (χ0) is 11.7. The van der Waals surface area contributed by atoms with Gasteiger partial charge in [0.1, 0.15) is 6.33 Å². The van der Waals surface area contributed by atoms with Crippen molar-refractivity contribution in [2.24, 2.45) is 18.9 Å². The van der Waals surface area contributed by atoms with Crippen LogP contribution in [0, 0.1) is 16.6 Å². The first kappa shape index (κ1) is 11.8. The van der Waals surface area contributed by atoms with E-state index in [9.17, 15) is 0 Å². The molecule has 1 aliphatic heterocycles. The Morgan fingerprint density at radius 3 is 2.56 bits per heavy atom. The van der Waals surface area contributed by atoms with Gasteiger partial charge in [-0.05, 0) is 18.6 Å². The lowest BCUT2D eigenvalue weighted by molar-refractivity contribution is -0.935. The molecule has 5 heteroatoms. The van der Waals surface area contributed by atoms with E-state index < -0.39 is 0 Å². The first-order valence-electron chi connectivity index (χ1n) is 5.98. The second kappa shape index (κ2) is 4.67. The topological polar surface area (TPSA) is 27.2 Å². The highest BCUT2D eigenvalue weighted by molar-refractivity contribution is 7.71. The third-order valence-electron chi connectivity index (χ3n) is 3.34. The number of rotatable bonds is 2. The molecule has 0 aromatic carbocycles. The summed E-state index contributed by atoms with van der Waals surface area (Å²) in [6.45, 7) is 8.07. The van der Waals surface area contributed by atoms with Crippen LogP contribution in [0.2, 0.25) is 0 Å². The minimum atomic E-state index is 0.816. The second-order valence-electron chi connectivity index (χ2n) is 5.29. The van der Waals surface area contributed by atoms with Crippen LogP contribution in [0.5, 0.6) is 0 Å². The molecule has 16 heavy (non-hydrogen) atoms. The zero-order valence-electron chi connectivity index (χ0n) is 10.3. The first-order valence-corrected chi connectivity index (χ1v) is 6.39. The summed E-state index contributed by atoms with van der Waals surface area (Å²) in [5.41, 5.74) is 0. The van der Waals surface area contributed by atoms with Gasteiger partial charge in [-0.25, -0.2) is 0 Å². The maximum Gasteiger partial charge on any atom is 0.202 e. The van der Waals surface area contributed by atoms with E-state index in [1.165, 1.54) is 19.5 Å². The predicted molar refractivity (Wildman–Crippen MR) is 65.7 cm³/mol. The van der Waals surface area contributed by atoms with Gasteiger partial charge in [-0.1, -0.05) is 13.8 Å². The standard InChI is InChI=1S/C11H20N4S/c1-9-4-10(2)6-14(5-9)8-15-11(16)13(3)7-12-15/h7,9-10H,4-6,8H2,1-3H3/p+1/t9-,10+. The quantitative estimate of drug-likeness (QED) is 0.762. The van der Waals surface area contributed by atoms with Crippen molar-refractivity contribution in [2.75, 3.05) is 13.1 Å². The lowest BCUT2D eigenvalue weighted by atomic mass is 9.92. The fourth-order valence-electron chi connectivity index (χ4n) is 2.79. The van der Waals surface area contributed by atoms with E-state index in [0.717, 1.165) is 23.3 Å². The number of nitrogens with one attached hydrogen (secondary N) is 1. The van der Waals surface area contributed by atoms with Gasteiger partial charge in [0.15, 0.2) is 6.67 Å². The van der Waals surface area contributed by atoms with E-state index >= 15 is 0 Å². The van der Waals surface area contributed by atoms with E-state index in [0.29, 0.717) is 0 Å². The van der Waals surface area contributed by atoms with Crippen LogP contribution >= 0.6 is 12.2 Å². The third-order valence-corrected chi connectivity index (χ3v) is 3.84. The van der Waals surface area contributed by atoms with Crippen molar-refractivity contribution in [3.63, 3.8) is 0 Å². The predicted octanol–water partition coefficient (Wildman–Crippen LogP) is 0.469. The summed E-state index contributed by atoms with van der Waals surface area (Å²) >= 11 is 5.30. The summed E-state index contributed by atoms with van der Waals surface area (Å²) in [6, 6.07) is 0. The maximum atomic E-state index is 5.30. The summed E-state index contributed by atoms with van der Waals surface area (Å²) in [6.07, 6.45) is 3.15. The fraction of sp³-hybridized carbons (Fsp3) is 0.818. The van der Waals surface area contributed by atoms with E-state index in [2.05, 4.69) is 18.9 Å². The Kier molecular flexibility index (Phi) is 3.44. The molecule has 1 saturated heterocycles. The van der Waals surface area contributed by atoms with Crippen LogP contribution in [0.4, 0.5) is 0 Å². The highest BCUT2D eigenvalue weighted by Crippen LogP contribution is 2.11. The fourth-order valence-corrected chi connectivity index (χ4v) is 2.95. The number of nitrogens with zero attached hydrogens (tertiary/aromatic N) is 3. The van der Waals surface area contributed by atoms with Crippen molar-refractivity contribution in [2.45, 2.75) is 26.9 Å². The summed E-state index contributed by atoms with van der Waals surface area (Å²) in [7, 11) is 1.95. The Bertz CT molecular complexity index is 398. The summed E-state index contributed by atoms with van der Waals surface area (Å²) in [4.78, 5) is 1.60. The molecule has 0 radical (unpaired) electrons. The molecule has 1 unspecified atom stereocenters. The van der Waals surface area contributed by atoms with Gasteiger partial charge in [-0.3, -0.25) is 0 Å². The van der Waals surface area contributed by atoms with Crippen LogP contribution in [0.25, 0.3) is 0 Å². The lowest BCUT2D eigenvalue weighted by Gasteiger charge is -2.31. The molecule has 1 aliphatic rings. The number of likely N-dealkylation sites (tertiary alicyclic amines) is 1. The molecule has 2 heterocycles. The minimum absolute atomic E-state index is 0.816. The van der Waals surface area contributed by atoms with Gasteiger partial charge >= 0.3 is 0 Å². The van der Waals surface area contributed by atoms with Crippen molar-refractivity contribution in [1.29, 1.82) is 0 Å². The first-order chi connectivity index (χ1) is 7.56. The molecule has 3 atom stereocenters. The summed E-state index contributed by atoms with van der Waals surface area (Å²) in [5, 5.41) is 4.31. The minimum Gasteiger partial charge on any atom is -0.316 e. The molecular weight excluding hydrogens is 220 g/mol. The molecule has 90 valence electrons. The van der Waals surface area contributed by atoms with Gasteiger partial charge in [0.2, 0.25) is 4.77 Å². The number of hydrogen-bond acceptors (Lipinski definition) is 2. The van der Waals surface area contributed by atoms with Crippen molar-refractivity contribution < 1.29 is 4.90 Å². The van der Waals surface area contributed by atoms with Gasteiger partial charge in [-0.15, -0.1) is 0 Å². The van der Waals surface area contributed by atoms with Gasteiger partial charge in [0, 0.05) is 18.9 Å². The van der Waals surface area contributed by atoms with Crippen molar-refractivity contribution in [1.82, 2.24) is 14.3 Å². The Hall–Kier alpha value is -0.680. The SMILES string of the molecule is C[C@@H]1C[C@H](C)C[NH+](Cn2ncn(C)c2=S)C1. The van der Waals surface area contributed by atoms with Crippen LogP contribution in [-0.2, 0) is 13.7 Å². The molecule has 2 rings (SSSR count). The van der Waals surface area contributed by atoms with Gasteiger partial charge < -0.3 is 9.47 Å². The zero-order valence-corrected chi connectivity index (χ0v) is 11.1. The van der Waals surface area contributed by atoms with E-state index in [4.69, 9.17) is 12.2 Å². The van der Waals surface area contributed by atoms with Crippen LogP contribution in [-0.4, -0.2) is 27.4 Å². The molecule has 1 N–H and O–H groups in total. The molecule has 1 fully saturated rings. The van der Waals surface area contributed by atoms with E-state index in [1.807, 2.05) is 16.3 Å². The van der Waals surface area contributed by atoms with Crippen molar-refractivity contribution in [3.05, 3.63) is 11.1 Å². The summed E-state index contributed by atoms with van der Waals surface area (Å²) in [5.74, 6) is 1.63. The number of aryl methyl sites for hydroxylation is 1. The Labute approximate surface area is 102 Å². The number of aromatic nitrogens is 3. The molecule has 1 aromatic heterocycles. The van der Waals surface area contributed by atoms with Gasteiger partial charge in [0.05, 0.1) is 13.1 Å². The second-order valence-corrected chi connectivity index (χ2v) is 5.65. The van der Waals surface area contributed by atoms with Crippen molar-refractivity contribution in [3.8, 4) is 0 Å². The van der Waals surface area contributed by atoms with Crippen LogP contribution in [0.3, 0.4) is 0 Å². The average molecular weight is 241 g/mol. The monoisotopic (exact) mass is 241 g/mol. The van der Waals surface area contributed by atoms with E-state index in [1.54, 1.807) is 11.2 Å². The molecule has 0 bridgehead atoms. The molecular formula is C11H21N4S+. The van der Waals surface area contributed by atoms with Gasteiger partial charge in [-0.2, -0.15) is 9.78 Å². The lowest BCUT2D eigenvalue weighted by Crippen LogP contribution is -3.13. The Balaban J connectivity index is 2.04. The molecule has 0 aliphatic carbocycles. The Morgan fingerprint density at radius 2 is 2.06 bits per heavy atom. The highest BCUT2D eigenvalue weighted by atomic mass is 32.1. The number of hydrogen-bond donors (Lipinski definition) is 1. The summed E-state index contributed by atoms with van der Waals surface area (Å²) < 4.78 is 4.65. The largest absolute Gasteiger partial charge is 0.316 e. The van der Waals surface area contributed by atoms with Crippen LogP contribution in [0.15, 0.2) is 6.33 Å². The molecule has 0 saturated carbocycles. The van der Waals surface area contributed by atoms with Crippen LogP contribution in [0.1, 0.15) is 20.3 Å². The number of piperidine rings is 1. The smallest absolute Gasteiger partial charge is 0.202 e. The number of quaternary nitrogens is 1. The maximum absolute atomic E-state index is 5.30. The van der Waals surface area contributed by atoms with E-state index in [-0.39, 0.29) is 0 Å². The third kappa shape index (κ3) is 2.52. The normalized spacial score (nSPS) is 30.6. The van der Waals surface area contributed by atoms with Gasteiger partial charge in [0.25, 0.3) is 0 Å². The molecule has 0 spiro atoms. The molecule has 0 amide bonds. The molecule has 4 nitrogen and oxygen atoms in total. The molecule has 1 aromatic rings. The van der Waals surface area contributed by atoms with Crippen LogP contribution < -0.4 is 4.90 Å². The Morgan fingerprint density at radius 1 is 1.44 bits per heavy atom. The highest BCUT2D eigenvalue weighted by Gasteiger charge is 2.25.